The summed E-state index contributed by atoms with van der Waals surface area (Å²) < 4.78 is 0. The third kappa shape index (κ3) is 3.18. The number of hydrogen-bond donors (Lipinski definition) is 3. The van der Waals surface area contributed by atoms with Gasteiger partial charge in [0, 0.05) is 23.5 Å². The molecule has 0 radical (unpaired) electrons. The van der Waals surface area contributed by atoms with Crippen LogP contribution in [0.2, 0.25) is 0 Å². The van der Waals surface area contributed by atoms with Crippen molar-refractivity contribution in [3.05, 3.63) is 34.5 Å². The second-order valence-corrected chi connectivity index (χ2v) is 7.81. The number of carbonyl (C=O) groups excluding carboxylic acids is 1. The first-order valence-electron chi connectivity index (χ1n) is 9.07. The Bertz CT molecular complexity index is 805. The maximum atomic E-state index is 12.6. The molecule has 4 rings (SSSR count). The van der Waals surface area contributed by atoms with Crippen LogP contribution in [0.4, 0.5) is 0 Å². The van der Waals surface area contributed by atoms with Crippen molar-refractivity contribution in [2.45, 2.75) is 46.6 Å². The summed E-state index contributed by atoms with van der Waals surface area (Å²) in [5.41, 5.74) is 6.42. The molecule has 2 aromatic rings. The van der Waals surface area contributed by atoms with E-state index < -0.39 is 0 Å². The van der Waals surface area contributed by atoms with E-state index in [0.29, 0.717) is 12.0 Å². The largest absolute Gasteiger partial charge is 0.358 e. The van der Waals surface area contributed by atoms with Gasteiger partial charge in [-0.15, -0.1) is 12.4 Å². The highest BCUT2D eigenvalue weighted by Gasteiger charge is 2.57. The second-order valence-electron chi connectivity index (χ2n) is 7.81. The smallest absolute Gasteiger partial charge is 0.223 e. The fourth-order valence-electron chi connectivity index (χ4n) is 4.43. The zero-order valence-corrected chi connectivity index (χ0v) is 16.1. The van der Waals surface area contributed by atoms with Crippen LogP contribution in [0, 0.1) is 32.1 Å². The summed E-state index contributed by atoms with van der Waals surface area (Å²) in [7, 11) is 0. The molecule has 1 aliphatic heterocycles. The number of hydrogen-bond acceptors (Lipinski definition) is 2. The first-order chi connectivity index (χ1) is 11.5. The number of H-pyrrole nitrogens is 1. The van der Waals surface area contributed by atoms with Gasteiger partial charge in [-0.3, -0.25) is 4.79 Å². The topological polar surface area (TPSA) is 56.9 Å². The van der Waals surface area contributed by atoms with Crippen LogP contribution < -0.4 is 10.6 Å². The molecular weight excluding hydrogens is 334 g/mol. The number of halogens is 1. The van der Waals surface area contributed by atoms with Gasteiger partial charge in [0.1, 0.15) is 0 Å². The molecular formula is C20H28ClN3O. The highest BCUT2D eigenvalue weighted by atomic mass is 35.5. The molecule has 0 bridgehead atoms. The Kier molecular flexibility index (Phi) is 4.86. The van der Waals surface area contributed by atoms with E-state index in [1.807, 2.05) is 0 Å². The summed E-state index contributed by atoms with van der Waals surface area (Å²) in [6.07, 6.45) is 3.37. The van der Waals surface area contributed by atoms with Crippen molar-refractivity contribution in [1.29, 1.82) is 0 Å². The third-order valence-electron chi connectivity index (χ3n) is 6.20. The van der Waals surface area contributed by atoms with E-state index in [0.717, 1.165) is 32.4 Å². The Labute approximate surface area is 155 Å². The molecule has 1 saturated heterocycles. The summed E-state index contributed by atoms with van der Waals surface area (Å²) in [5.74, 6) is 0.471. The molecule has 1 spiro atoms. The van der Waals surface area contributed by atoms with Crippen molar-refractivity contribution < 1.29 is 4.79 Å². The molecule has 1 atom stereocenters. The molecule has 5 heteroatoms. The summed E-state index contributed by atoms with van der Waals surface area (Å²) >= 11 is 0. The number of aryl methyl sites for hydroxylation is 3. The lowest BCUT2D eigenvalue weighted by atomic mass is 9.92. The average Bonchev–Trinajstić information content (AvgIpc) is 3.18. The molecule has 1 unspecified atom stereocenters. The van der Waals surface area contributed by atoms with E-state index in [4.69, 9.17) is 0 Å². The first kappa shape index (κ1) is 18.3. The van der Waals surface area contributed by atoms with Crippen LogP contribution in [-0.4, -0.2) is 24.0 Å². The van der Waals surface area contributed by atoms with Gasteiger partial charge in [-0.1, -0.05) is 11.6 Å². The van der Waals surface area contributed by atoms with Crippen LogP contribution in [0.1, 0.15) is 41.6 Å². The standard InChI is InChI=1S/C20H27N3O.ClH/c1-12-8-15(18-16(9-12)13(2)14(3)23-18)11-22-19(24)17-10-20(17)4-6-21-7-5-20;/h8-9,17,21,23H,4-7,10-11H2,1-3H3,(H,22,24);1H. The molecule has 2 fully saturated rings. The molecule has 1 aromatic carbocycles. The van der Waals surface area contributed by atoms with Crippen LogP contribution in [0.15, 0.2) is 12.1 Å². The van der Waals surface area contributed by atoms with E-state index >= 15 is 0 Å². The molecule has 1 amide bonds. The minimum absolute atomic E-state index is 0. The maximum absolute atomic E-state index is 12.6. The van der Waals surface area contributed by atoms with Crippen LogP contribution in [0.3, 0.4) is 0 Å². The molecule has 1 aromatic heterocycles. The van der Waals surface area contributed by atoms with Crippen molar-refractivity contribution in [2.24, 2.45) is 11.3 Å². The normalized spacial score (nSPS) is 21.2. The van der Waals surface area contributed by atoms with Crippen molar-refractivity contribution in [2.75, 3.05) is 13.1 Å². The number of amides is 1. The Hall–Kier alpha value is -1.52. The minimum atomic E-state index is 0. The first-order valence-corrected chi connectivity index (χ1v) is 9.07. The van der Waals surface area contributed by atoms with Gasteiger partial charge < -0.3 is 15.6 Å². The van der Waals surface area contributed by atoms with Gasteiger partial charge in [-0.25, -0.2) is 0 Å². The van der Waals surface area contributed by atoms with E-state index in [1.54, 1.807) is 0 Å². The van der Waals surface area contributed by atoms with Crippen molar-refractivity contribution >= 4 is 29.2 Å². The summed E-state index contributed by atoms with van der Waals surface area (Å²) in [4.78, 5) is 16.1. The molecule has 1 aliphatic carbocycles. The molecule has 2 aliphatic rings. The van der Waals surface area contributed by atoms with Crippen molar-refractivity contribution in [3.63, 3.8) is 0 Å². The summed E-state index contributed by atoms with van der Waals surface area (Å²) in [6.45, 7) is 9.12. The van der Waals surface area contributed by atoms with Gasteiger partial charge in [-0.2, -0.15) is 0 Å². The van der Waals surface area contributed by atoms with Gasteiger partial charge in [0.25, 0.3) is 0 Å². The van der Waals surface area contributed by atoms with Gasteiger partial charge in [0.15, 0.2) is 0 Å². The van der Waals surface area contributed by atoms with Gasteiger partial charge >= 0.3 is 0 Å². The van der Waals surface area contributed by atoms with Crippen LogP contribution in [-0.2, 0) is 11.3 Å². The lowest BCUT2D eigenvalue weighted by Gasteiger charge is -2.23. The third-order valence-corrected chi connectivity index (χ3v) is 6.20. The minimum Gasteiger partial charge on any atom is -0.358 e. The van der Waals surface area contributed by atoms with E-state index in [1.165, 1.54) is 33.3 Å². The average molecular weight is 362 g/mol. The molecule has 3 N–H and O–H groups in total. The number of nitrogens with one attached hydrogen (secondary N) is 3. The monoisotopic (exact) mass is 361 g/mol. The van der Waals surface area contributed by atoms with Gasteiger partial charge in [-0.05, 0) is 75.7 Å². The SMILES string of the molecule is Cc1cc(CNC(=O)C2CC23CCNCC3)c2[nH]c(C)c(C)c2c1.Cl. The fourth-order valence-corrected chi connectivity index (χ4v) is 4.43. The number of piperidine rings is 1. The van der Waals surface area contributed by atoms with Gasteiger partial charge in [0.2, 0.25) is 5.91 Å². The molecule has 2 heterocycles. The number of carbonyl (C=O) groups is 1. The summed E-state index contributed by atoms with van der Waals surface area (Å²) in [5, 5.41) is 7.87. The van der Waals surface area contributed by atoms with E-state index in [9.17, 15) is 4.79 Å². The Morgan fingerprint density at radius 1 is 1.24 bits per heavy atom. The predicted octanol–water partition coefficient (Wildman–Crippen LogP) is 3.52. The Morgan fingerprint density at radius 2 is 1.96 bits per heavy atom. The maximum Gasteiger partial charge on any atom is 0.223 e. The van der Waals surface area contributed by atoms with E-state index in [2.05, 4.69) is 48.5 Å². The molecule has 1 saturated carbocycles. The second kappa shape index (κ2) is 6.65. The van der Waals surface area contributed by atoms with Crippen LogP contribution in [0.25, 0.3) is 10.9 Å². The van der Waals surface area contributed by atoms with Crippen molar-refractivity contribution in [3.8, 4) is 0 Å². The quantitative estimate of drug-likeness (QED) is 0.783. The van der Waals surface area contributed by atoms with Crippen LogP contribution in [0.5, 0.6) is 0 Å². The molecule has 4 nitrogen and oxygen atoms in total. The zero-order chi connectivity index (χ0) is 16.9. The van der Waals surface area contributed by atoms with Crippen LogP contribution >= 0.6 is 12.4 Å². The fraction of sp³-hybridized carbons (Fsp3) is 0.550. The number of aromatic nitrogens is 1. The number of fused-ring (bicyclic) bond motifs is 1. The number of benzene rings is 1. The predicted molar refractivity (Wildman–Crippen MR) is 104 cm³/mol. The van der Waals surface area contributed by atoms with E-state index in [-0.39, 0.29) is 24.2 Å². The lowest BCUT2D eigenvalue weighted by molar-refractivity contribution is -0.123. The zero-order valence-electron chi connectivity index (χ0n) is 15.3. The lowest BCUT2D eigenvalue weighted by Crippen LogP contribution is -2.33. The molecule has 136 valence electrons. The number of aromatic amines is 1. The highest BCUT2D eigenvalue weighted by molar-refractivity contribution is 5.88. The Morgan fingerprint density at radius 3 is 2.68 bits per heavy atom. The number of rotatable bonds is 3. The highest BCUT2D eigenvalue weighted by Crippen LogP contribution is 2.58. The van der Waals surface area contributed by atoms with Gasteiger partial charge in [0.05, 0.1) is 5.52 Å². The molecule has 25 heavy (non-hydrogen) atoms. The Balaban J connectivity index is 0.00000182. The summed E-state index contributed by atoms with van der Waals surface area (Å²) in [6, 6.07) is 4.41. The van der Waals surface area contributed by atoms with Crippen molar-refractivity contribution in [1.82, 2.24) is 15.6 Å².